The number of nitrogens with zero attached hydrogens (tertiary/aromatic N) is 4. The van der Waals surface area contributed by atoms with Gasteiger partial charge >= 0.3 is 6.18 Å². The van der Waals surface area contributed by atoms with Gasteiger partial charge in [-0.2, -0.15) is 18.4 Å². The van der Waals surface area contributed by atoms with E-state index in [4.69, 9.17) is 5.73 Å². The van der Waals surface area contributed by atoms with Crippen LogP contribution in [0.5, 0.6) is 0 Å². The summed E-state index contributed by atoms with van der Waals surface area (Å²) in [4.78, 5) is 1.09. The fourth-order valence-electron chi connectivity index (χ4n) is 4.63. The van der Waals surface area contributed by atoms with Crippen LogP contribution >= 0.6 is 0 Å². The molecule has 0 amide bonds. The van der Waals surface area contributed by atoms with E-state index in [0.717, 1.165) is 38.0 Å². The van der Waals surface area contributed by atoms with E-state index in [1.807, 2.05) is 4.90 Å². The number of aromatic nitrogens is 4. The summed E-state index contributed by atoms with van der Waals surface area (Å²) in [6.07, 6.45) is -0.312. The molecule has 4 rings (SSSR count). The van der Waals surface area contributed by atoms with Crippen molar-refractivity contribution >= 4 is 15.5 Å². The second kappa shape index (κ2) is 7.49. The average Bonchev–Trinajstić information content (AvgIpc) is 3.17. The maximum atomic E-state index is 13.6. The summed E-state index contributed by atoms with van der Waals surface area (Å²) in [5, 5.41) is 13.2. The Kier molecular flexibility index (Phi) is 5.25. The van der Waals surface area contributed by atoms with Crippen LogP contribution in [0.2, 0.25) is 0 Å². The summed E-state index contributed by atoms with van der Waals surface area (Å²) in [6, 6.07) is 2.40. The Morgan fingerprint density at radius 1 is 1.17 bits per heavy atom. The monoisotopic (exact) mass is 444 g/mol. The Bertz CT molecular complexity index is 1010. The van der Waals surface area contributed by atoms with Gasteiger partial charge in [0.25, 0.3) is 0 Å². The highest BCUT2D eigenvalue weighted by molar-refractivity contribution is 7.91. The van der Waals surface area contributed by atoms with Crippen molar-refractivity contribution in [1.82, 2.24) is 20.6 Å². The van der Waals surface area contributed by atoms with Gasteiger partial charge in [-0.25, -0.2) is 8.42 Å². The molecule has 1 aliphatic carbocycles. The van der Waals surface area contributed by atoms with E-state index >= 15 is 0 Å². The van der Waals surface area contributed by atoms with Gasteiger partial charge in [-0.3, -0.25) is 0 Å². The minimum atomic E-state index is -4.84. The lowest BCUT2D eigenvalue weighted by Crippen LogP contribution is -2.44. The molecule has 1 saturated heterocycles. The van der Waals surface area contributed by atoms with Crippen molar-refractivity contribution in [2.75, 3.05) is 24.2 Å². The number of rotatable bonds is 4. The highest BCUT2D eigenvalue weighted by atomic mass is 32.2. The number of benzene rings is 1. The topological polar surface area (TPSA) is 118 Å². The third-order valence-corrected chi connectivity index (χ3v) is 7.30. The summed E-state index contributed by atoms with van der Waals surface area (Å²) in [5.74, 6) is 0.945. The first kappa shape index (κ1) is 21.0. The van der Waals surface area contributed by atoms with Crippen LogP contribution in [0.15, 0.2) is 17.0 Å². The lowest BCUT2D eigenvalue weighted by molar-refractivity contribution is -0.139. The third kappa shape index (κ3) is 3.89. The van der Waals surface area contributed by atoms with Gasteiger partial charge in [0.2, 0.25) is 5.82 Å². The molecule has 2 heterocycles. The minimum Gasteiger partial charge on any atom is -0.371 e. The van der Waals surface area contributed by atoms with E-state index in [-0.39, 0.29) is 17.4 Å². The summed E-state index contributed by atoms with van der Waals surface area (Å²) in [6.45, 7) is 1.21. The van der Waals surface area contributed by atoms with E-state index < -0.39 is 26.5 Å². The van der Waals surface area contributed by atoms with Crippen molar-refractivity contribution in [2.45, 2.75) is 42.8 Å². The van der Waals surface area contributed by atoms with Gasteiger partial charge < -0.3 is 10.6 Å². The number of halogens is 3. The van der Waals surface area contributed by atoms with Crippen LogP contribution in [0.25, 0.3) is 11.4 Å². The molecule has 2 aromatic rings. The quantitative estimate of drug-likeness (QED) is 0.743. The van der Waals surface area contributed by atoms with Crippen LogP contribution in [-0.2, 0) is 16.0 Å². The lowest BCUT2D eigenvalue weighted by Gasteiger charge is -2.43. The summed E-state index contributed by atoms with van der Waals surface area (Å²) in [7, 11) is -4.24. The number of nitrogens with one attached hydrogen (secondary N) is 1. The molecule has 1 aromatic heterocycles. The first-order chi connectivity index (χ1) is 14.1. The van der Waals surface area contributed by atoms with Gasteiger partial charge in [-0.15, -0.1) is 10.2 Å². The van der Waals surface area contributed by atoms with Gasteiger partial charge in [0, 0.05) is 31.1 Å². The Labute approximate surface area is 171 Å². The van der Waals surface area contributed by atoms with Crippen LogP contribution in [0, 0.1) is 11.8 Å². The number of sulfone groups is 1. The number of aromatic amines is 1. The molecule has 1 aliphatic heterocycles. The summed E-state index contributed by atoms with van der Waals surface area (Å²) >= 11 is 0. The van der Waals surface area contributed by atoms with Gasteiger partial charge in [-0.05, 0) is 54.9 Å². The zero-order chi connectivity index (χ0) is 21.7. The van der Waals surface area contributed by atoms with Crippen molar-refractivity contribution in [3.63, 3.8) is 0 Å². The molecule has 164 valence electrons. The molecule has 0 atom stereocenters. The van der Waals surface area contributed by atoms with E-state index in [9.17, 15) is 21.6 Å². The first-order valence-corrected chi connectivity index (χ1v) is 11.6. The van der Waals surface area contributed by atoms with Crippen molar-refractivity contribution < 1.29 is 21.6 Å². The van der Waals surface area contributed by atoms with Crippen LogP contribution in [0.1, 0.15) is 31.2 Å². The second-order valence-corrected chi connectivity index (χ2v) is 10.1. The first-order valence-electron chi connectivity index (χ1n) is 9.74. The van der Waals surface area contributed by atoms with Crippen LogP contribution in [0.4, 0.5) is 18.9 Å². The maximum absolute atomic E-state index is 13.6. The van der Waals surface area contributed by atoms with Crippen molar-refractivity contribution in [1.29, 1.82) is 0 Å². The molecule has 30 heavy (non-hydrogen) atoms. The zero-order valence-corrected chi connectivity index (χ0v) is 17.2. The van der Waals surface area contributed by atoms with Crippen LogP contribution in [0.3, 0.4) is 0 Å². The number of anilines is 1. The Morgan fingerprint density at radius 3 is 2.33 bits per heavy atom. The van der Waals surface area contributed by atoms with Crippen LogP contribution in [-0.4, -0.2) is 54.4 Å². The molecule has 0 unspecified atom stereocenters. The Hall–Kier alpha value is -2.21. The van der Waals surface area contributed by atoms with Gasteiger partial charge in [0.1, 0.15) is 0 Å². The van der Waals surface area contributed by atoms with Gasteiger partial charge in [0.15, 0.2) is 9.84 Å². The number of nitrogens with two attached hydrogens (primary N) is 1. The smallest absolute Gasteiger partial charge is 0.371 e. The molecule has 3 N–H and O–H groups in total. The minimum absolute atomic E-state index is 0.162. The SMILES string of the molecule is CS(=O)(=O)c1c(C(F)(F)F)ccc(N2CCC(C3CC(N)C3)CC2)c1-c1nn[nH]n1. The molecule has 2 aliphatic rings. The van der Waals surface area contributed by atoms with Crippen molar-refractivity contribution in [3.8, 4) is 11.4 Å². The second-order valence-electron chi connectivity index (χ2n) is 8.16. The molecular formula is C18H23F3N6O2S. The summed E-state index contributed by atoms with van der Waals surface area (Å²) < 4.78 is 65.8. The maximum Gasteiger partial charge on any atom is 0.417 e. The zero-order valence-electron chi connectivity index (χ0n) is 16.4. The van der Waals surface area contributed by atoms with E-state index in [1.54, 1.807) is 0 Å². The van der Waals surface area contributed by atoms with E-state index in [2.05, 4.69) is 20.6 Å². The van der Waals surface area contributed by atoms with Crippen molar-refractivity contribution in [2.24, 2.45) is 17.6 Å². The molecule has 1 saturated carbocycles. The fraction of sp³-hybridized carbons (Fsp3) is 0.611. The molecule has 1 aromatic carbocycles. The number of piperidine rings is 1. The Balaban J connectivity index is 1.75. The molecule has 2 fully saturated rings. The molecule has 12 heteroatoms. The molecule has 0 radical (unpaired) electrons. The highest BCUT2D eigenvalue weighted by Crippen LogP contribution is 2.45. The van der Waals surface area contributed by atoms with Crippen LogP contribution < -0.4 is 10.6 Å². The number of tetrazole rings is 1. The van der Waals surface area contributed by atoms with Gasteiger partial charge in [-0.1, -0.05) is 0 Å². The fourth-order valence-corrected chi connectivity index (χ4v) is 5.78. The van der Waals surface area contributed by atoms with E-state index in [0.29, 0.717) is 30.6 Å². The molecule has 8 nitrogen and oxygen atoms in total. The lowest BCUT2D eigenvalue weighted by atomic mass is 9.69. The Morgan fingerprint density at radius 2 is 1.83 bits per heavy atom. The van der Waals surface area contributed by atoms with Gasteiger partial charge in [0.05, 0.1) is 16.0 Å². The number of alkyl halides is 3. The number of H-pyrrole nitrogens is 1. The summed E-state index contributed by atoms with van der Waals surface area (Å²) in [5.41, 5.74) is 4.87. The standard InChI is InChI=1S/C18H23F3N6O2S/c1-30(28,29)16-13(18(19,20)21)2-3-14(15(16)17-23-25-26-24-17)27-6-4-10(5-7-27)11-8-12(22)9-11/h2-3,10-12H,4-9,22H2,1H3,(H,23,24,25,26). The predicted octanol–water partition coefficient (Wildman–Crippen LogP) is 2.24. The highest BCUT2D eigenvalue weighted by Gasteiger charge is 2.41. The average molecular weight is 444 g/mol. The van der Waals surface area contributed by atoms with Crippen molar-refractivity contribution in [3.05, 3.63) is 17.7 Å². The van der Waals surface area contributed by atoms with E-state index in [1.165, 1.54) is 6.07 Å². The molecular weight excluding hydrogens is 421 g/mol. The number of hydrogen-bond donors (Lipinski definition) is 2. The largest absolute Gasteiger partial charge is 0.417 e. The number of hydrogen-bond acceptors (Lipinski definition) is 7. The predicted molar refractivity (Wildman–Crippen MR) is 103 cm³/mol. The normalized spacial score (nSPS) is 23.4. The molecule has 0 spiro atoms. The molecule has 0 bridgehead atoms. The third-order valence-electron chi connectivity index (χ3n) is 6.14.